The molecule has 0 amide bonds. The number of nitrogens with one attached hydrogen (secondary N) is 2. The quantitative estimate of drug-likeness (QED) is 0.327. The van der Waals surface area contributed by atoms with E-state index in [2.05, 4.69) is 71.3 Å². The number of benzene rings is 1. The maximum atomic E-state index is 4.37. The zero-order valence-corrected chi connectivity index (χ0v) is 20.8. The van der Waals surface area contributed by atoms with Gasteiger partial charge in [0, 0.05) is 52.9 Å². The van der Waals surface area contributed by atoms with Crippen molar-refractivity contribution in [3.63, 3.8) is 0 Å². The topological polar surface area (TPSA) is 42.9 Å². The van der Waals surface area contributed by atoms with Crippen LogP contribution in [0.1, 0.15) is 30.5 Å². The van der Waals surface area contributed by atoms with Crippen molar-refractivity contribution in [2.45, 2.75) is 34.1 Å². The van der Waals surface area contributed by atoms with E-state index in [1.165, 1.54) is 49.4 Å². The Kier molecular flexibility index (Phi) is 12.0. The number of aliphatic imine (C=N–C) groups is 1. The molecule has 2 rings (SSSR count). The normalized spacial score (nSPS) is 17.1. The van der Waals surface area contributed by atoms with Gasteiger partial charge in [0.1, 0.15) is 0 Å². The number of guanidine groups is 1. The van der Waals surface area contributed by atoms with Crippen LogP contribution in [0.4, 0.5) is 0 Å². The Morgan fingerprint density at radius 2 is 1.64 bits per heavy atom. The SMILES string of the molecule is CCN1CCN(CC(C)CNC(=NC)NCCc2cc(C)cc(C)c2)CC1.I. The lowest BCUT2D eigenvalue weighted by Crippen LogP contribution is -2.48. The summed E-state index contributed by atoms with van der Waals surface area (Å²) in [6.07, 6.45) is 1.01. The summed E-state index contributed by atoms with van der Waals surface area (Å²) < 4.78 is 0. The Balaban J connectivity index is 0.00000392. The first-order valence-electron chi connectivity index (χ1n) is 10.5. The molecule has 0 bridgehead atoms. The van der Waals surface area contributed by atoms with E-state index >= 15 is 0 Å². The number of halogens is 1. The van der Waals surface area contributed by atoms with Crippen molar-refractivity contribution < 1.29 is 0 Å². The van der Waals surface area contributed by atoms with Gasteiger partial charge in [0.2, 0.25) is 0 Å². The fourth-order valence-corrected chi connectivity index (χ4v) is 3.82. The number of rotatable bonds is 8. The molecule has 1 aromatic carbocycles. The second kappa shape index (κ2) is 13.4. The second-order valence-corrected chi connectivity index (χ2v) is 7.97. The summed E-state index contributed by atoms with van der Waals surface area (Å²) in [5, 5.41) is 6.94. The van der Waals surface area contributed by atoms with Crippen molar-refractivity contribution in [2.75, 3.05) is 59.4 Å². The standard InChI is InChI=1S/C22H39N5.HI/c1-6-26-9-11-27(12-10-26)17-20(4)16-25-22(23-5)24-8-7-21-14-18(2)13-19(3)15-21;/h13-15,20H,6-12,16-17H2,1-5H3,(H2,23,24,25);1H. The van der Waals surface area contributed by atoms with Crippen LogP contribution in [-0.2, 0) is 6.42 Å². The van der Waals surface area contributed by atoms with E-state index in [4.69, 9.17) is 0 Å². The second-order valence-electron chi connectivity index (χ2n) is 7.97. The number of likely N-dealkylation sites (N-methyl/N-ethyl adjacent to an activating group) is 1. The summed E-state index contributed by atoms with van der Waals surface area (Å²) in [5.74, 6) is 1.51. The van der Waals surface area contributed by atoms with Crippen LogP contribution in [0.5, 0.6) is 0 Å². The van der Waals surface area contributed by atoms with Gasteiger partial charge in [0.15, 0.2) is 5.96 Å². The highest BCUT2D eigenvalue weighted by Gasteiger charge is 2.17. The lowest BCUT2D eigenvalue weighted by atomic mass is 10.1. The molecule has 0 spiro atoms. The van der Waals surface area contributed by atoms with Gasteiger partial charge in [-0.15, -0.1) is 24.0 Å². The highest BCUT2D eigenvalue weighted by molar-refractivity contribution is 14.0. The summed E-state index contributed by atoms with van der Waals surface area (Å²) in [4.78, 5) is 9.49. The van der Waals surface area contributed by atoms with Gasteiger partial charge < -0.3 is 20.4 Å². The fraction of sp³-hybridized carbons (Fsp3) is 0.682. The largest absolute Gasteiger partial charge is 0.356 e. The Hall–Kier alpha value is -0.860. The van der Waals surface area contributed by atoms with E-state index in [0.29, 0.717) is 5.92 Å². The van der Waals surface area contributed by atoms with Crippen molar-refractivity contribution >= 4 is 29.9 Å². The average Bonchev–Trinajstić information content (AvgIpc) is 2.64. The van der Waals surface area contributed by atoms with Gasteiger partial charge in [-0.1, -0.05) is 43.2 Å². The van der Waals surface area contributed by atoms with E-state index in [-0.39, 0.29) is 24.0 Å². The molecule has 160 valence electrons. The zero-order valence-electron chi connectivity index (χ0n) is 18.4. The van der Waals surface area contributed by atoms with Gasteiger partial charge >= 0.3 is 0 Å². The van der Waals surface area contributed by atoms with Gasteiger partial charge in [0.25, 0.3) is 0 Å². The van der Waals surface area contributed by atoms with E-state index in [0.717, 1.165) is 32.0 Å². The van der Waals surface area contributed by atoms with Crippen LogP contribution in [0.2, 0.25) is 0 Å². The van der Waals surface area contributed by atoms with Crippen LogP contribution >= 0.6 is 24.0 Å². The third kappa shape index (κ3) is 9.09. The Labute approximate surface area is 189 Å². The minimum absolute atomic E-state index is 0. The minimum atomic E-state index is 0. The molecule has 1 aliphatic heterocycles. The zero-order chi connectivity index (χ0) is 19.6. The molecule has 0 aromatic heterocycles. The molecule has 0 radical (unpaired) electrons. The first kappa shape index (κ1) is 25.2. The summed E-state index contributed by atoms with van der Waals surface area (Å²) in [6, 6.07) is 6.76. The molecule has 1 unspecified atom stereocenters. The average molecular weight is 502 g/mol. The molecule has 1 atom stereocenters. The molecule has 5 nitrogen and oxygen atoms in total. The molecule has 1 aromatic rings. The summed E-state index contributed by atoms with van der Waals surface area (Å²) in [6.45, 7) is 17.9. The highest BCUT2D eigenvalue weighted by Crippen LogP contribution is 2.09. The third-order valence-electron chi connectivity index (χ3n) is 5.31. The van der Waals surface area contributed by atoms with E-state index in [1.54, 1.807) is 0 Å². The molecule has 1 fully saturated rings. The van der Waals surface area contributed by atoms with Crippen molar-refractivity contribution in [2.24, 2.45) is 10.9 Å². The Morgan fingerprint density at radius 3 is 2.21 bits per heavy atom. The Bertz CT molecular complexity index is 576. The summed E-state index contributed by atoms with van der Waals surface area (Å²) >= 11 is 0. The van der Waals surface area contributed by atoms with Gasteiger partial charge in [-0.2, -0.15) is 0 Å². The van der Waals surface area contributed by atoms with E-state index in [1.807, 2.05) is 7.05 Å². The van der Waals surface area contributed by atoms with Crippen LogP contribution in [-0.4, -0.2) is 75.2 Å². The van der Waals surface area contributed by atoms with Crippen LogP contribution in [0.25, 0.3) is 0 Å². The first-order chi connectivity index (χ1) is 13.0. The molecule has 1 aliphatic rings. The molecule has 0 aliphatic carbocycles. The maximum Gasteiger partial charge on any atom is 0.190 e. The number of aryl methyl sites for hydroxylation is 2. The molecule has 28 heavy (non-hydrogen) atoms. The van der Waals surface area contributed by atoms with Gasteiger partial charge in [0.05, 0.1) is 0 Å². The highest BCUT2D eigenvalue weighted by atomic mass is 127. The van der Waals surface area contributed by atoms with Crippen molar-refractivity contribution in [3.8, 4) is 0 Å². The maximum absolute atomic E-state index is 4.37. The van der Waals surface area contributed by atoms with Crippen molar-refractivity contribution in [1.82, 2.24) is 20.4 Å². The number of hydrogen-bond acceptors (Lipinski definition) is 3. The van der Waals surface area contributed by atoms with Crippen molar-refractivity contribution in [1.29, 1.82) is 0 Å². The van der Waals surface area contributed by atoms with Gasteiger partial charge in [-0.3, -0.25) is 4.99 Å². The van der Waals surface area contributed by atoms with Gasteiger partial charge in [-0.25, -0.2) is 0 Å². The molecular weight excluding hydrogens is 461 g/mol. The predicted octanol–water partition coefficient (Wildman–Crippen LogP) is 2.90. The summed E-state index contributed by atoms with van der Waals surface area (Å²) in [7, 11) is 1.85. The number of hydrogen-bond donors (Lipinski definition) is 2. The van der Waals surface area contributed by atoms with Crippen LogP contribution in [0.15, 0.2) is 23.2 Å². The molecule has 1 saturated heterocycles. The molecular formula is C22H40IN5. The lowest BCUT2D eigenvalue weighted by Gasteiger charge is -2.35. The number of piperazine rings is 1. The van der Waals surface area contributed by atoms with E-state index in [9.17, 15) is 0 Å². The predicted molar refractivity (Wildman–Crippen MR) is 132 cm³/mol. The minimum Gasteiger partial charge on any atom is -0.356 e. The summed E-state index contributed by atoms with van der Waals surface area (Å²) in [5.41, 5.74) is 4.05. The molecule has 0 saturated carbocycles. The lowest BCUT2D eigenvalue weighted by molar-refractivity contribution is 0.124. The molecule has 6 heteroatoms. The fourth-order valence-electron chi connectivity index (χ4n) is 3.82. The molecule has 2 N–H and O–H groups in total. The monoisotopic (exact) mass is 501 g/mol. The molecule has 1 heterocycles. The van der Waals surface area contributed by atoms with E-state index < -0.39 is 0 Å². The van der Waals surface area contributed by atoms with Crippen LogP contribution in [0, 0.1) is 19.8 Å². The smallest absolute Gasteiger partial charge is 0.190 e. The van der Waals surface area contributed by atoms with Crippen LogP contribution < -0.4 is 10.6 Å². The van der Waals surface area contributed by atoms with Gasteiger partial charge in [-0.05, 0) is 38.3 Å². The van der Waals surface area contributed by atoms with Crippen molar-refractivity contribution in [3.05, 3.63) is 34.9 Å². The third-order valence-corrected chi connectivity index (χ3v) is 5.31. The first-order valence-corrected chi connectivity index (χ1v) is 10.5. The van der Waals surface area contributed by atoms with Crippen LogP contribution in [0.3, 0.4) is 0 Å². The number of nitrogens with zero attached hydrogens (tertiary/aromatic N) is 3. The Morgan fingerprint density at radius 1 is 1.04 bits per heavy atom.